The summed E-state index contributed by atoms with van der Waals surface area (Å²) in [5, 5.41) is 3.98. The monoisotopic (exact) mass is 668 g/mol. The molecule has 0 bridgehead atoms. The maximum Gasteiger partial charge on any atom is 0.251 e. The highest BCUT2D eigenvalue weighted by Gasteiger charge is 2.45. The van der Waals surface area contributed by atoms with Crippen LogP contribution in [0.3, 0.4) is 0 Å². The van der Waals surface area contributed by atoms with Crippen LogP contribution in [0.5, 0.6) is 11.5 Å². The van der Waals surface area contributed by atoms with E-state index in [0.29, 0.717) is 55.5 Å². The van der Waals surface area contributed by atoms with Gasteiger partial charge in [-0.25, -0.2) is 9.37 Å². The van der Waals surface area contributed by atoms with Gasteiger partial charge in [0.15, 0.2) is 0 Å². The molecule has 0 saturated heterocycles. The average molecular weight is 670 g/mol. The molecule has 2 atom stereocenters. The summed E-state index contributed by atoms with van der Waals surface area (Å²) in [6.45, 7) is 1.99. The van der Waals surface area contributed by atoms with Crippen molar-refractivity contribution in [2.45, 2.75) is 50.0 Å². The Bertz CT molecular complexity index is 1900. The molecule has 0 unspecified atom stereocenters. The van der Waals surface area contributed by atoms with Gasteiger partial charge in [-0.15, -0.1) is 0 Å². The fourth-order valence-corrected chi connectivity index (χ4v) is 6.35. The van der Waals surface area contributed by atoms with Crippen molar-refractivity contribution in [2.24, 2.45) is 11.7 Å². The zero-order valence-corrected chi connectivity index (χ0v) is 26.4. The molecule has 12 heteroatoms. The second-order valence-electron chi connectivity index (χ2n) is 12.2. The number of nitrogens with one attached hydrogen (secondary N) is 1. The molecule has 0 spiro atoms. The van der Waals surface area contributed by atoms with E-state index in [1.54, 1.807) is 31.3 Å². The van der Waals surface area contributed by atoms with Gasteiger partial charge in [0.25, 0.3) is 5.91 Å². The molecule has 3 heterocycles. The van der Waals surface area contributed by atoms with E-state index in [4.69, 9.17) is 55.0 Å². The zero-order valence-electron chi connectivity index (χ0n) is 24.1. The summed E-state index contributed by atoms with van der Waals surface area (Å²) >= 11 is 18.9. The number of carbonyl (C=O) groups excluding carboxylic acids is 2. The van der Waals surface area contributed by atoms with Gasteiger partial charge in [-0.3, -0.25) is 14.6 Å². The number of halogens is 4. The summed E-state index contributed by atoms with van der Waals surface area (Å²) in [6, 6.07) is 9.74. The lowest BCUT2D eigenvalue weighted by Gasteiger charge is -2.22. The van der Waals surface area contributed by atoms with E-state index in [0.717, 1.165) is 25.7 Å². The lowest BCUT2D eigenvalue weighted by atomic mass is 9.82. The molecule has 3 aliphatic rings. The Balaban J connectivity index is 1.25. The third-order valence-electron chi connectivity index (χ3n) is 8.78. The highest BCUT2D eigenvalue weighted by atomic mass is 35.5. The minimum atomic E-state index is -1.13. The molecule has 232 valence electrons. The fraction of sp³-hybridized carbons (Fsp3) is 0.333. The van der Waals surface area contributed by atoms with Crippen LogP contribution in [-0.2, 0) is 10.2 Å². The lowest BCUT2D eigenvalue weighted by Crippen LogP contribution is -2.40. The van der Waals surface area contributed by atoms with Gasteiger partial charge in [0.1, 0.15) is 40.5 Å². The number of nitrogens with two attached hydrogens (primary N) is 1. The normalized spacial score (nSPS) is 19.6. The standard InChI is InChI=1S/C33H28Cl3FN4O4/c1-33(32(38)43)14-44-30-22(33)11-24(41-29(30)20-6-7-23(37)27(36)26(20)35)21(15-2-3-15)13-40-31(42)17-8-16-9-18(34)12-39-28(16)25(10-17)45-19-4-5-19/h6-12,15,19,21H,2-5,13-14H2,1H3,(H2,38,43)(H,40,42)/t21-,33-/m0/s1. The number of rotatable bonds is 9. The van der Waals surface area contributed by atoms with E-state index in [9.17, 15) is 14.0 Å². The molecular formula is C33H28Cl3FN4O4. The van der Waals surface area contributed by atoms with Crippen molar-refractivity contribution in [3.63, 3.8) is 0 Å². The summed E-state index contributed by atoms with van der Waals surface area (Å²) in [4.78, 5) is 35.6. The second-order valence-corrected chi connectivity index (χ2v) is 13.3. The molecule has 2 aliphatic carbocycles. The van der Waals surface area contributed by atoms with Gasteiger partial charge in [-0.2, -0.15) is 0 Å². The zero-order chi connectivity index (χ0) is 31.6. The number of ether oxygens (including phenoxy) is 2. The first-order valence-corrected chi connectivity index (χ1v) is 15.8. The fourth-order valence-electron chi connectivity index (χ4n) is 5.78. The van der Waals surface area contributed by atoms with Crippen LogP contribution in [0.1, 0.15) is 60.1 Å². The van der Waals surface area contributed by atoms with Crippen LogP contribution < -0.4 is 20.5 Å². The van der Waals surface area contributed by atoms with Crippen molar-refractivity contribution in [1.82, 2.24) is 15.3 Å². The Morgan fingerprint density at radius 3 is 2.62 bits per heavy atom. The van der Waals surface area contributed by atoms with Crippen LogP contribution in [0.4, 0.5) is 4.39 Å². The van der Waals surface area contributed by atoms with E-state index in [1.807, 2.05) is 6.07 Å². The van der Waals surface area contributed by atoms with Crippen molar-refractivity contribution in [3.8, 4) is 22.8 Å². The first-order valence-electron chi connectivity index (χ1n) is 14.7. The largest absolute Gasteiger partial charge is 0.489 e. The Morgan fingerprint density at radius 2 is 1.91 bits per heavy atom. The predicted octanol–water partition coefficient (Wildman–Crippen LogP) is 7.00. The maximum atomic E-state index is 14.2. The number of amides is 2. The third-order valence-corrected chi connectivity index (χ3v) is 9.84. The second kappa shape index (κ2) is 11.3. The highest BCUT2D eigenvalue weighted by molar-refractivity contribution is 6.43. The van der Waals surface area contributed by atoms with Crippen molar-refractivity contribution in [3.05, 3.63) is 80.3 Å². The summed E-state index contributed by atoms with van der Waals surface area (Å²) in [6.07, 6.45) is 5.48. The van der Waals surface area contributed by atoms with Crippen LogP contribution in [0.15, 0.2) is 42.6 Å². The molecular weight excluding hydrogens is 642 g/mol. The molecule has 1 aliphatic heterocycles. The molecule has 2 aromatic heterocycles. The smallest absolute Gasteiger partial charge is 0.251 e. The Morgan fingerprint density at radius 1 is 1.13 bits per heavy atom. The Kier molecular flexibility index (Phi) is 7.54. The minimum absolute atomic E-state index is 0.0132. The minimum Gasteiger partial charge on any atom is -0.489 e. The first-order chi connectivity index (χ1) is 21.5. The van der Waals surface area contributed by atoms with Gasteiger partial charge in [0.2, 0.25) is 5.91 Å². The van der Waals surface area contributed by atoms with Crippen molar-refractivity contribution < 1.29 is 23.5 Å². The Labute approximate surface area is 273 Å². The maximum absolute atomic E-state index is 14.2. The molecule has 3 N–H and O–H groups in total. The summed E-state index contributed by atoms with van der Waals surface area (Å²) < 4.78 is 26.3. The number of hydrogen-bond donors (Lipinski definition) is 2. The molecule has 45 heavy (non-hydrogen) atoms. The molecule has 2 saturated carbocycles. The molecule has 2 aromatic carbocycles. The number of aromatic nitrogens is 2. The highest BCUT2D eigenvalue weighted by Crippen LogP contribution is 2.50. The van der Waals surface area contributed by atoms with E-state index >= 15 is 0 Å². The van der Waals surface area contributed by atoms with Gasteiger partial charge in [-0.05, 0) is 74.9 Å². The summed E-state index contributed by atoms with van der Waals surface area (Å²) in [5.74, 6) is -0.592. The van der Waals surface area contributed by atoms with Gasteiger partial charge in [0, 0.05) is 46.4 Å². The van der Waals surface area contributed by atoms with Gasteiger partial charge in [0.05, 0.1) is 21.2 Å². The van der Waals surface area contributed by atoms with Crippen LogP contribution >= 0.6 is 34.8 Å². The number of nitrogens with zero attached hydrogens (tertiary/aromatic N) is 2. The van der Waals surface area contributed by atoms with Crippen molar-refractivity contribution in [1.29, 1.82) is 0 Å². The summed E-state index contributed by atoms with van der Waals surface area (Å²) in [7, 11) is 0. The van der Waals surface area contributed by atoms with Crippen molar-refractivity contribution in [2.75, 3.05) is 13.2 Å². The van der Waals surface area contributed by atoms with Crippen LogP contribution in [0.25, 0.3) is 22.2 Å². The van der Waals surface area contributed by atoms with E-state index in [2.05, 4.69) is 10.3 Å². The SMILES string of the molecule is C[C@]1(C(N)=O)COc2c1cc([C@@H](CNC(=O)c1cc(OC3CC3)c3ncc(Cl)cc3c1)C1CC1)nc2-c1ccc(F)c(Cl)c1Cl. The van der Waals surface area contributed by atoms with E-state index in [-0.39, 0.29) is 47.0 Å². The molecule has 2 fully saturated rings. The average Bonchev–Trinajstić information content (AvgIpc) is 3.95. The lowest BCUT2D eigenvalue weighted by molar-refractivity contribution is -0.123. The number of benzene rings is 2. The van der Waals surface area contributed by atoms with Crippen LogP contribution in [0.2, 0.25) is 15.1 Å². The van der Waals surface area contributed by atoms with E-state index < -0.39 is 17.1 Å². The number of primary amides is 1. The number of pyridine rings is 2. The number of fused-ring (bicyclic) bond motifs is 2. The molecule has 7 rings (SSSR count). The van der Waals surface area contributed by atoms with Crippen LogP contribution in [0, 0.1) is 11.7 Å². The van der Waals surface area contributed by atoms with E-state index in [1.165, 1.54) is 12.1 Å². The number of carbonyl (C=O) groups is 2. The van der Waals surface area contributed by atoms with Crippen LogP contribution in [-0.4, -0.2) is 41.0 Å². The first kappa shape index (κ1) is 30.0. The quantitative estimate of drug-likeness (QED) is 0.186. The molecule has 0 radical (unpaired) electrons. The Hall–Kier alpha value is -3.66. The predicted molar refractivity (Wildman–Crippen MR) is 170 cm³/mol. The third kappa shape index (κ3) is 5.55. The topological polar surface area (TPSA) is 116 Å². The molecule has 2 amide bonds. The summed E-state index contributed by atoms with van der Waals surface area (Å²) in [5.41, 5.74) is 7.67. The van der Waals surface area contributed by atoms with Gasteiger partial charge in [-0.1, -0.05) is 34.8 Å². The molecule has 4 aromatic rings. The van der Waals surface area contributed by atoms with Crippen molar-refractivity contribution >= 4 is 57.5 Å². The van der Waals surface area contributed by atoms with Gasteiger partial charge >= 0.3 is 0 Å². The number of hydrogen-bond acceptors (Lipinski definition) is 6. The van der Waals surface area contributed by atoms with Gasteiger partial charge < -0.3 is 20.5 Å². The molecule has 8 nitrogen and oxygen atoms in total.